The highest BCUT2D eigenvalue weighted by atomic mass is 79.9. The van der Waals surface area contributed by atoms with Crippen molar-refractivity contribution in [1.82, 2.24) is 15.0 Å². The summed E-state index contributed by atoms with van der Waals surface area (Å²) >= 11 is 3.26. The van der Waals surface area contributed by atoms with E-state index in [0.717, 1.165) is 23.2 Å². The van der Waals surface area contributed by atoms with Crippen molar-refractivity contribution in [2.75, 3.05) is 5.33 Å². The van der Waals surface area contributed by atoms with E-state index in [1.54, 1.807) is 12.3 Å². The van der Waals surface area contributed by atoms with Crippen LogP contribution < -0.4 is 0 Å². The third kappa shape index (κ3) is 2.90. The Hall–Kier alpha value is -1.37. The number of aryl methyl sites for hydroxylation is 1. The standard InChI is InChI=1S/C11H9BrF3N3/c12-5-4-9-7-18(17-16-9)10-3-1-2-8(6-10)11(13,14)15/h1-3,6-7H,4-5H2. The van der Waals surface area contributed by atoms with E-state index in [1.165, 1.54) is 10.7 Å². The minimum absolute atomic E-state index is 0.346. The first kappa shape index (κ1) is 13.1. The first-order chi connectivity index (χ1) is 8.50. The van der Waals surface area contributed by atoms with E-state index in [-0.39, 0.29) is 0 Å². The van der Waals surface area contributed by atoms with Gasteiger partial charge in [-0.2, -0.15) is 13.2 Å². The Morgan fingerprint density at radius 2 is 2.06 bits per heavy atom. The van der Waals surface area contributed by atoms with Crippen LogP contribution in [0.5, 0.6) is 0 Å². The summed E-state index contributed by atoms with van der Waals surface area (Å²) in [5.41, 5.74) is 0.375. The molecule has 0 aliphatic heterocycles. The topological polar surface area (TPSA) is 30.7 Å². The van der Waals surface area contributed by atoms with Gasteiger partial charge >= 0.3 is 6.18 Å². The maximum absolute atomic E-state index is 12.6. The molecule has 0 aliphatic rings. The van der Waals surface area contributed by atoms with Gasteiger partial charge in [0.05, 0.1) is 23.1 Å². The van der Waals surface area contributed by atoms with E-state index in [1.807, 2.05) is 0 Å². The third-order valence-electron chi connectivity index (χ3n) is 2.33. The van der Waals surface area contributed by atoms with Gasteiger partial charge in [-0.25, -0.2) is 4.68 Å². The van der Waals surface area contributed by atoms with Crippen LogP contribution >= 0.6 is 15.9 Å². The van der Waals surface area contributed by atoms with Crippen LogP contribution in [0.25, 0.3) is 5.69 Å². The molecule has 3 nitrogen and oxygen atoms in total. The molecule has 0 radical (unpaired) electrons. The lowest BCUT2D eigenvalue weighted by Crippen LogP contribution is -2.06. The van der Waals surface area contributed by atoms with Gasteiger partial charge in [0.15, 0.2) is 0 Å². The van der Waals surface area contributed by atoms with Gasteiger partial charge in [-0.1, -0.05) is 27.2 Å². The van der Waals surface area contributed by atoms with Crippen LogP contribution in [0, 0.1) is 0 Å². The molecule has 0 aliphatic carbocycles. The molecule has 1 heterocycles. The molecule has 2 aromatic rings. The number of hydrogen-bond acceptors (Lipinski definition) is 2. The van der Waals surface area contributed by atoms with Crippen LogP contribution in [0.1, 0.15) is 11.3 Å². The Morgan fingerprint density at radius 3 is 2.72 bits per heavy atom. The van der Waals surface area contributed by atoms with Crippen molar-refractivity contribution in [2.24, 2.45) is 0 Å². The Bertz CT molecular complexity index is 536. The van der Waals surface area contributed by atoms with E-state index in [9.17, 15) is 13.2 Å². The molecule has 2 rings (SSSR count). The maximum atomic E-state index is 12.6. The Balaban J connectivity index is 2.32. The second-order valence-corrected chi connectivity index (χ2v) is 4.43. The van der Waals surface area contributed by atoms with Gasteiger partial charge in [0, 0.05) is 11.8 Å². The van der Waals surface area contributed by atoms with Crippen LogP contribution in [0.3, 0.4) is 0 Å². The fraction of sp³-hybridized carbons (Fsp3) is 0.273. The van der Waals surface area contributed by atoms with Gasteiger partial charge in [-0.05, 0) is 18.2 Å². The summed E-state index contributed by atoms with van der Waals surface area (Å²) < 4.78 is 39.0. The quantitative estimate of drug-likeness (QED) is 0.813. The second kappa shape index (κ2) is 5.09. The minimum atomic E-state index is -4.35. The summed E-state index contributed by atoms with van der Waals surface area (Å²) in [6.07, 6.45) is -2.05. The van der Waals surface area contributed by atoms with Crippen molar-refractivity contribution in [2.45, 2.75) is 12.6 Å². The van der Waals surface area contributed by atoms with E-state index in [4.69, 9.17) is 0 Å². The third-order valence-corrected chi connectivity index (χ3v) is 2.73. The van der Waals surface area contributed by atoms with Crippen molar-refractivity contribution in [1.29, 1.82) is 0 Å². The van der Waals surface area contributed by atoms with Gasteiger partial charge in [0.25, 0.3) is 0 Å². The minimum Gasteiger partial charge on any atom is -0.220 e. The molecule has 0 N–H and O–H groups in total. The first-order valence-electron chi connectivity index (χ1n) is 5.15. The number of rotatable bonds is 3. The van der Waals surface area contributed by atoms with Gasteiger partial charge in [-0.3, -0.25) is 0 Å². The summed E-state index contributed by atoms with van der Waals surface area (Å²) in [6.45, 7) is 0. The lowest BCUT2D eigenvalue weighted by atomic mass is 10.2. The highest BCUT2D eigenvalue weighted by molar-refractivity contribution is 9.09. The van der Waals surface area contributed by atoms with Gasteiger partial charge in [0.2, 0.25) is 0 Å². The zero-order chi connectivity index (χ0) is 13.2. The zero-order valence-corrected chi connectivity index (χ0v) is 10.7. The SMILES string of the molecule is FC(F)(F)c1cccc(-n2cc(CCBr)nn2)c1. The van der Waals surface area contributed by atoms with Gasteiger partial charge in [0.1, 0.15) is 0 Å². The summed E-state index contributed by atoms with van der Waals surface area (Å²) in [5, 5.41) is 8.41. The van der Waals surface area contributed by atoms with E-state index in [0.29, 0.717) is 12.1 Å². The van der Waals surface area contributed by atoms with Gasteiger partial charge < -0.3 is 0 Å². The number of hydrogen-bond donors (Lipinski definition) is 0. The maximum Gasteiger partial charge on any atom is 0.416 e. The van der Waals surface area contributed by atoms with Crippen molar-refractivity contribution >= 4 is 15.9 Å². The predicted octanol–water partition coefficient (Wildman–Crippen LogP) is 3.22. The van der Waals surface area contributed by atoms with E-state index < -0.39 is 11.7 Å². The average Bonchev–Trinajstić information content (AvgIpc) is 2.77. The molecule has 0 saturated carbocycles. The molecule has 18 heavy (non-hydrogen) atoms. The number of halogens is 4. The molecule has 0 amide bonds. The Morgan fingerprint density at radius 1 is 1.28 bits per heavy atom. The number of nitrogens with zero attached hydrogens (tertiary/aromatic N) is 3. The first-order valence-corrected chi connectivity index (χ1v) is 6.27. The molecule has 7 heteroatoms. The lowest BCUT2D eigenvalue weighted by Gasteiger charge is -2.07. The zero-order valence-electron chi connectivity index (χ0n) is 9.15. The summed E-state index contributed by atoms with van der Waals surface area (Å²) in [7, 11) is 0. The number of aromatic nitrogens is 3. The molecule has 0 atom stereocenters. The second-order valence-electron chi connectivity index (χ2n) is 3.64. The van der Waals surface area contributed by atoms with Gasteiger partial charge in [-0.15, -0.1) is 5.10 Å². The van der Waals surface area contributed by atoms with E-state index >= 15 is 0 Å². The summed E-state index contributed by atoms with van der Waals surface area (Å²) in [4.78, 5) is 0. The molecule has 1 aromatic heterocycles. The molecule has 0 saturated heterocycles. The fourth-order valence-electron chi connectivity index (χ4n) is 1.46. The molecule has 0 spiro atoms. The fourth-order valence-corrected chi connectivity index (χ4v) is 1.87. The molecule has 0 bridgehead atoms. The van der Waals surface area contributed by atoms with Crippen molar-refractivity contribution in [3.05, 3.63) is 41.7 Å². The highest BCUT2D eigenvalue weighted by Crippen LogP contribution is 2.30. The molecule has 96 valence electrons. The van der Waals surface area contributed by atoms with Crippen molar-refractivity contribution in [3.8, 4) is 5.69 Å². The molecular weight excluding hydrogens is 311 g/mol. The molecular formula is C11H9BrF3N3. The Kier molecular flexibility index (Phi) is 3.70. The average molecular weight is 320 g/mol. The smallest absolute Gasteiger partial charge is 0.220 e. The largest absolute Gasteiger partial charge is 0.416 e. The van der Waals surface area contributed by atoms with Crippen LogP contribution in [0.15, 0.2) is 30.5 Å². The molecule has 0 unspecified atom stereocenters. The van der Waals surface area contributed by atoms with Crippen LogP contribution in [-0.2, 0) is 12.6 Å². The van der Waals surface area contributed by atoms with Crippen LogP contribution in [-0.4, -0.2) is 20.3 Å². The van der Waals surface area contributed by atoms with E-state index in [2.05, 4.69) is 26.2 Å². The normalized spacial score (nSPS) is 11.8. The van der Waals surface area contributed by atoms with Crippen LogP contribution in [0.2, 0.25) is 0 Å². The summed E-state index contributed by atoms with van der Waals surface area (Å²) in [5.74, 6) is 0. The molecule has 0 fully saturated rings. The number of benzene rings is 1. The Labute approximate surface area is 110 Å². The monoisotopic (exact) mass is 319 g/mol. The number of alkyl halides is 4. The summed E-state index contributed by atoms with van der Waals surface area (Å²) in [6, 6.07) is 4.98. The van der Waals surface area contributed by atoms with Crippen LogP contribution in [0.4, 0.5) is 13.2 Å². The van der Waals surface area contributed by atoms with Crippen molar-refractivity contribution < 1.29 is 13.2 Å². The highest BCUT2D eigenvalue weighted by Gasteiger charge is 2.30. The predicted molar refractivity (Wildman–Crippen MR) is 63.9 cm³/mol. The van der Waals surface area contributed by atoms with Crippen molar-refractivity contribution in [3.63, 3.8) is 0 Å². The lowest BCUT2D eigenvalue weighted by molar-refractivity contribution is -0.137. The molecule has 1 aromatic carbocycles.